The second kappa shape index (κ2) is 4.34. The van der Waals surface area contributed by atoms with Crippen molar-refractivity contribution < 1.29 is 0 Å². The van der Waals surface area contributed by atoms with E-state index in [0.29, 0.717) is 6.04 Å². The SMILES string of the molecule is N#Cc1ccncc1N1CCN2CCCC2C1. The van der Waals surface area contributed by atoms with E-state index in [1.54, 1.807) is 12.3 Å². The standard InChI is InChI=1S/C13H16N4/c14-8-11-3-4-15-9-13(11)17-7-6-16-5-1-2-12(16)10-17/h3-4,9,12H,1-2,5-7,10H2. The first-order valence-electron chi connectivity index (χ1n) is 6.21. The molecule has 0 spiro atoms. The molecular formula is C13H16N4. The molecule has 3 rings (SSSR count). The van der Waals surface area contributed by atoms with E-state index in [-0.39, 0.29) is 0 Å². The van der Waals surface area contributed by atoms with Crippen molar-refractivity contribution in [3.8, 4) is 6.07 Å². The summed E-state index contributed by atoms with van der Waals surface area (Å²) >= 11 is 0. The number of rotatable bonds is 1. The summed E-state index contributed by atoms with van der Waals surface area (Å²) in [4.78, 5) is 9.03. The zero-order valence-electron chi connectivity index (χ0n) is 9.84. The van der Waals surface area contributed by atoms with Crippen LogP contribution in [0, 0.1) is 11.3 Å². The van der Waals surface area contributed by atoms with Crippen LogP contribution in [0.1, 0.15) is 18.4 Å². The van der Waals surface area contributed by atoms with E-state index in [1.807, 2.05) is 6.20 Å². The first-order chi connectivity index (χ1) is 8.38. The molecule has 0 saturated carbocycles. The third-order valence-corrected chi connectivity index (χ3v) is 3.85. The van der Waals surface area contributed by atoms with Crippen LogP contribution in [-0.2, 0) is 0 Å². The molecule has 0 bridgehead atoms. The first-order valence-corrected chi connectivity index (χ1v) is 6.21. The normalized spacial score (nSPS) is 24.4. The highest BCUT2D eigenvalue weighted by atomic mass is 15.3. The van der Waals surface area contributed by atoms with Crippen LogP contribution in [0.25, 0.3) is 0 Å². The van der Waals surface area contributed by atoms with Gasteiger partial charge in [0, 0.05) is 31.9 Å². The Morgan fingerprint density at radius 3 is 3.18 bits per heavy atom. The van der Waals surface area contributed by atoms with Gasteiger partial charge in [0.1, 0.15) is 6.07 Å². The van der Waals surface area contributed by atoms with E-state index in [2.05, 4.69) is 20.9 Å². The number of aromatic nitrogens is 1. The Kier molecular flexibility index (Phi) is 2.69. The average Bonchev–Trinajstić information content (AvgIpc) is 2.85. The van der Waals surface area contributed by atoms with Gasteiger partial charge in [0.15, 0.2) is 0 Å². The lowest BCUT2D eigenvalue weighted by Crippen LogP contribution is -2.50. The highest BCUT2D eigenvalue weighted by molar-refractivity contribution is 5.58. The van der Waals surface area contributed by atoms with Gasteiger partial charge < -0.3 is 4.90 Å². The van der Waals surface area contributed by atoms with Crippen molar-refractivity contribution in [2.75, 3.05) is 31.1 Å². The highest BCUT2D eigenvalue weighted by Gasteiger charge is 2.31. The summed E-state index contributed by atoms with van der Waals surface area (Å²) < 4.78 is 0. The summed E-state index contributed by atoms with van der Waals surface area (Å²) in [5.41, 5.74) is 1.74. The van der Waals surface area contributed by atoms with E-state index >= 15 is 0 Å². The maximum Gasteiger partial charge on any atom is 0.101 e. The van der Waals surface area contributed by atoms with Crippen LogP contribution in [0.4, 0.5) is 5.69 Å². The molecule has 2 aliphatic heterocycles. The molecule has 1 aromatic rings. The van der Waals surface area contributed by atoms with Crippen molar-refractivity contribution in [3.05, 3.63) is 24.0 Å². The minimum atomic E-state index is 0.676. The van der Waals surface area contributed by atoms with Gasteiger partial charge in [-0.2, -0.15) is 5.26 Å². The summed E-state index contributed by atoms with van der Waals surface area (Å²) in [6.07, 6.45) is 6.12. The number of anilines is 1. The number of nitrogens with zero attached hydrogens (tertiary/aromatic N) is 4. The van der Waals surface area contributed by atoms with Gasteiger partial charge in [0.25, 0.3) is 0 Å². The lowest BCUT2D eigenvalue weighted by atomic mass is 10.1. The van der Waals surface area contributed by atoms with Crippen LogP contribution in [0.5, 0.6) is 0 Å². The van der Waals surface area contributed by atoms with Crippen molar-refractivity contribution in [1.82, 2.24) is 9.88 Å². The molecular weight excluding hydrogens is 212 g/mol. The first kappa shape index (κ1) is 10.5. The predicted octanol–water partition coefficient (Wildman–Crippen LogP) is 1.24. The molecule has 1 atom stereocenters. The van der Waals surface area contributed by atoms with Crippen molar-refractivity contribution >= 4 is 5.69 Å². The molecule has 0 amide bonds. The van der Waals surface area contributed by atoms with Crippen LogP contribution in [0.2, 0.25) is 0 Å². The smallest absolute Gasteiger partial charge is 0.101 e. The summed E-state index contributed by atoms with van der Waals surface area (Å²) in [6, 6.07) is 4.74. The third-order valence-electron chi connectivity index (χ3n) is 3.85. The van der Waals surface area contributed by atoms with Gasteiger partial charge in [-0.1, -0.05) is 0 Å². The quantitative estimate of drug-likeness (QED) is 0.725. The molecule has 0 aliphatic carbocycles. The van der Waals surface area contributed by atoms with Gasteiger partial charge in [0.05, 0.1) is 17.4 Å². The average molecular weight is 228 g/mol. The van der Waals surface area contributed by atoms with Crippen molar-refractivity contribution in [3.63, 3.8) is 0 Å². The maximum atomic E-state index is 9.12. The maximum absolute atomic E-state index is 9.12. The fourth-order valence-electron chi connectivity index (χ4n) is 2.94. The van der Waals surface area contributed by atoms with Crippen molar-refractivity contribution in [1.29, 1.82) is 5.26 Å². The summed E-state index contributed by atoms with van der Waals surface area (Å²) in [6.45, 7) is 4.42. The molecule has 2 fully saturated rings. The predicted molar refractivity (Wildman–Crippen MR) is 65.8 cm³/mol. The summed E-state index contributed by atoms with van der Waals surface area (Å²) in [5, 5.41) is 9.12. The van der Waals surface area contributed by atoms with Gasteiger partial charge in [0.2, 0.25) is 0 Å². The molecule has 4 heteroatoms. The highest BCUT2D eigenvalue weighted by Crippen LogP contribution is 2.26. The van der Waals surface area contributed by atoms with Crippen LogP contribution in [0.15, 0.2) is 18.5 Å². The number of pyridine rings is 1. The third kappa shape index (κ3) is 1.87. The molecule has 2 aliphatic rings. The molecule has 0 aromatic carbocycles. The molecule has 17 heavy (non-hydrogen) atoms. The van der Waals surface area contributed by atoms with E-state index in [4.69, 9.17) is 5.26 Å². The van der Waals surface area contributed by atoms with Crippen molar-refractivity contribution in [2.24, 2.45) is 0 Å². The zero-order valence-corrected chi connectivity index (χ0v) is 9.84. The number of hydrogen-bond acceptors (Lipinski definition) is 4. The second-order valence-corrected chi connectivity index (χ2v) is 4.78. The van der Waals surface area contributed by atoms with Crippen LogP contribution in [-0.4, -0.2) is 42.1 Å². The second-order valence-electron chi connectivity index (χ2n) is 4.78. The van der Waals surface area contributed by atoms with E-state index in [0.717, 1.165) is 30.9 Å². The molecule has 4 nitrogen and oxygen atoms in total. The Hall–Kier alpha value is -1.60. The lowest BCUT2D eigenvalue weighted by molar-refractivity contribution is 0.231. The van der Waals surface area contributed by atoms with Gasteiger partial charge in [-0.25, -0.2) is 0 Å². The zero-order chi connectivity index (χ0) is 11.7. The minimum Gasteiger partial charge on any atom is -0.366 e. The van der Waals surface area contributed by atoms with E-state index < -0.39 is 0 Å². The van der Waals surface area contributed by atoms with Crippen LogP contribution < -0.4 is 4.90 Å². The van der Waals surface area contributed by atoms with Gasteiger partial charge in [-0.3, -0.25) is 9.88 Å². The fraction of sp³-hybridized carbons (Fsp3) is 0.538. The molecule has 0 radical (unpaired) electrons. The molecule has 0 N–H and O–H groups in total. The molecule has 3 heterocycles. The number of hydrogen-bond donors (Lipinski definition) is 0. The molecule has 1 unspecified atom stereocenters. The lowest BCUT2D eigenvalue weighted by Gasteiger charge is -2.38. The van der Waals surface area contributed by atoms with Gasteiger partial charge in [-0.15, -0.1) is 0 Å². The Morgan fingerprint density at radius 2 is 2.29 bits per heavy atom. The van der Waals surface area contributed by atoms with E-state index in [9.17, 15) is 0 Å². The molecule has 2 saturated heterocycles. The number of fused-ring (bicyclic) bond motifs is 1. The fourth-order valence-corrected chi connectivity index (χ4v) is 2.94. The van der Waals surface area contributed by atoms with Gasteiger partial charge >= 0.3 is 0 Å². The molecule has 1 aromatic heterocycles. The van der Waals surface area contributed by atoms with Crippen molar-refractivity contribution in [2.45, 2.75) is 18.9 Å². The Morgan fingerprint density at radius 1 is 1.35 bits per heavy atom. The minimum absolute atomic E-state index is 0.676. The van der Waals surface area contributed by atoms with E-state index in [1.165, 1.54) is 19.4 Å². The van der Waals surface area contributed by atoms with Crippen LogP contribution in [0.3, 0.4) is 0 Å². The number of nitriles is 1. The molecule has 88 valence electrons. The summed E-state index contributed by atoms with van der Waals surface area (Å²) in [7, 11) is 0. The summed E-state index contributed by atoms with van der Waals surface area (Å²) in [5.74, 6) is 0. The monoisotopic (exact) mass is 228 g/mol. The Bertz CT molecular complexity index is 451. The Balaban J connectivity index is 1.83. The Labute approximate surface area is 101 Å². The van der Waals surface area contributed by atoms with Gasteiger partial charge in [-0.05, 0) is 25.5 Å². The largest absolute Gasteiger partial charge is 0.366 e. The number of piperazine rings is 1. The topological polar surface area (TPSA) is 43.2 Å². The van der Waals surface area contributed by atoms with Crippen LogP contribution >= 0.6 is 0 Å².